The highest BCUT2D eigenvalue weighted by atomic mass is 16.2. The zero-order chi connectivity index (χ0) is 12.0. The van der Waals surface area contributed by atoms with Gasteiger partial charge in [-0.05, 0) is 12.5 Å². The number of carbonyl (C=O) groups excluding carboxylic acids is 1. The Bertz CT molecular complexity index is 459. The van der Waals surface area contributed by atoms with E-state index in [9.17, 15) is 9.59 Å². The Morgan fingerprint density at radius 1 is 1.56 bits per heavy atom. The molecular formula is C11H13N3O2. The van der Waals surface area contributed by atoms with Gasteiger partial charge in [-0.15, -0.1) is 0 Å². The van der Waals surface area contributed by atoms with Gasteiger partial charge < -0.3 is 9.88 Å². The lowest BCUT2D eigenvalue weighted by Gasteiger charge is -2.18. The van der Waals surface area contributed by atoms with E-state index < -0.39 is 0 Å². The minimum Gasteiger partial charge on any atom is -0.324 e. The number of pyridine rings is 1. The molecule has 0 saturated heterocycles. The van der Waals surface area contributed by atoms with Gasteiger partial charge in [0.1, 0.15) is 12.2 Å². The van der Waals surface area contributed by atoms with Crippen molar-refractivity contribution < 1.29 is 4.79 Å². The predicted molar refractivity (Wildman–Crippen MR) is 58.9 cm³/mol. The van der Waals surface area contributed by atoms with Crippen molar-refractivity contribution in [1.29, 1.82) is 5.26 Å². The SMILES string of the molecule is CCCN(CC#N)C(=O)c1cccc(=O)[nH]1. The maximum absolute atomic E-state index is 11.9. The highest BCUT2D eigenvalue weighted by molar-refractivity contribution is 5.92. The Balaban J connectivity index is 2.90. The van der Waals surface area contributed by atoms with Crippen molar-refractivity contribution in [2.75, 3.05) is 13.1 Å². The largest absolute Gasteiger partial charge is 0.324 e. The minimum atomic E-state index is -0.320. The maximum Gasteiger partial charge on any atom is 0.271 e. The number of nitrogens with zero attached hydrogens (tertiary/aromatic N) is 2. The first-order valence-corrected chi connectivity index (χ1v) is 5.04. The van der Waals surface area contributed by atoms with Crippen LogP contribution in [-0.2, 0) is 0 Å². The van der Waals surface area contributed by atoms with E-state index in [2.05, 4.69) is 4.98 Å². The Kier molecular flexibility index (Phi) is 4.28. The van der Waals surface area contributed by atoms with Gasteiger partial charge in [-0.3, -0.25) is 9.59 Å². The number of nitriles is 1. The number of hydrogen-bond acceptors (Lipinski definition) is 3. The molecular weight excluding hydrogens is 206 g/mol. The lowest BCUT2D eigenvalue weighted by atomic mass is 10.3. The average Bonchev–Trinajstić information content (AvgIpc) is 2.28. The number of nitrogens with one attached hydrogen (secondary N) is 1. The van der Waals surface area contributed by atoms with Crippen LogP contribution in [0.5, 0.6) is 0 Å². The summed E-state index contributed by atoms with van der Waals surface area (Å²) in [7, 11) is 0. The summed E-state index contributed by atoms with van der Waals surface area (Å²) in [4.78, 5) is 26.8. The van der Waals surface area contributed by atoms with Crippen molar-refractivity contribution >= 4 is 5.91 Å². The molecule has 5 nitrogen and oxygen atoms in total. The van der Waals surface area contributed by atoms with Crippen LogP contribution in [0.15, 0.2) is 23.0 Å². The summed E-state index contributed by atoms with van der Waals surface area (Å²) in [6.45, 7) is 2.46. The molecule has 0 aromatic carbocycles. The molecule has 5 heteroatoms. The predicted octanol–water partition coefficient (Wildman–Crippen LogP) is 0.751. The van der Waals surface area contributed by atoms with Crippen LogP contribution in [0.4, 0.5) is 0 Å². The van der Waals surface area contributed by atoms with Crippen molar-refractivity contribution in [3.05, 3.63) is 34.2 Å². The second kappa shape index (κ2) is 5.71. The maximum atomic E-state index is 11.9. The number of amides is 1. The van der Waals surface area contributed by atoms with Gasteiger partial charge >= 0.3 is 0 Å². The van der Waals surface area contributed by atoms with Crippen LogP contribution in [0.1, 0.15) is 23.8 Å². The standard InChI is InChI=1S/C11H13N3O2/c1-2-7-14(8-6-12)11(16)9-4-3-5-10(15)13-9/h3-5H,2,7-8H2,1H3,(H,13,15). The molecule has 1 amide bonds. The summed E-state index contributed by atoms with van der Waals surface area (Å²) < 4.78 is 0. The van der Waals surface area contributed by atoms with Crippen molar-refractivity contribution in [1.82, 2.24) is 9.88 Å². The molecule has 0 aliphatic heterocycles. The topological polar surface area (TPSA) is 77.0 Å². The highest BCUT2D eigenvalue weighted by Crippen LogP contribution is 2.00. The lowest BCUT2D eigenvalue weighted by molar-refractivity contribution is 0.0770. The fourth-order valence-electron chi connectivity index (χ4n) is 1.35. The first-order valence-electron chi connectivity index (χ1n) is 5.04. The van der Waals surface area contributed by atoms with Crippen LogP contribution < -0.4 is 5.56 Å². The van der Waals surface area contributed by atoms with E-state index in [1.165, 1.54) is 23.1 Å². The van der Waals surface area contributed by atoms with E-state index in [-0.39, 0.29) is 23.7 Å². The molecule has 84 valence electrons. The van der Waals surface area contributed by atoms with Gasteiger partial charge in [0, 0.05) is 12.6 Å². The van der Waals surface area contributed by atoms with Crippen molar-refractivity contribution in [2.24, 2.45) is 0 Å². The molecule has 0 aliphatic carbocycles. The number of rotatable bonds is 4. The van der Waals surface area contributed by atoms with E-state index >= 15 is 0 Å². The molecule has 16 heavy (non-hydrogen) atoms. The van der Waals surface area contributed by atoms with Gasteiger partial charge in [0.05, 0.1) is 6.07 Å². The molecule has 0 spiro atoms. The third kappa shape index (κ3) is 2.95. The monoisotopic (exact) mass is 219 g/mol. The Labute approximate surface area is 93.3 Å². The first-order chi connectivity index (χ1) is 7.69. The molecule has 1 rings (SSSR count). The quantitative estimate of drug-likeness (QED) is 0.759. The lowest BCUT2D eigenvalue weighted by Crippen LogP contribution is -2.33. The summed E-state index contributed by atoms with van der Waals surface area (Å²) in [5.41, 5.74) is -0.101. The summed E-state index contributed by atoms with van der Waals surface area (Å²) in [6.07, 6.45) is 0.768. The second-order valence-electron chi connectivity index (χ2n) is 3.31. The molecule has 1 heterocycles. The van der Waals surface area contributed by atoms with Gasteiger partial charge in [-0.25, -0.2) is 0 Å². The molecule has 1 aromatic rings. The second-order valence-corrected chi connectivity index (χ2v) is 3.31. The molecule has 0 bridgehead atoms. The summed E-state index contributed by atoms with van der Waals surface area (Å²) in [5.74, 6) is -0.318. The number of H-pyrrole nitrogens is 1. The minimum absolute atomic E-state index is 0.0313. The molecule has 0 aliphatic rings. The van der Waals surface area contributed by atoms with Crippen LogP contribution in [0.3, 0.4) is 0 Å². The van der Waals surface area contributed by atoms with Gasteiger partial charge in [-0.2, -0.15) is 5.26 Å². The van der Waals surface area contributed by atoms with Crippen molar-refractivity contribution in [3.8, 4) is 6.07 Å². The van der Waals surface area contributed by atoms with E-state index in [1.54, 1.807) is 0 Å². The van der Waals surface area contributed by atoms with E-state index in [4.69, 9.17) is 5.26 Å². The van der Waals surface area contributed by atoms with E-state index in [0.29, 0.717) is 6.54 Å². The number of carbonyl (C=O) groups is 1. The van der Waals surface area contributed by atoms with Crippen LogP contribution in [0.25, 0.3) is 0 Å². The van der Waals surface area contributed by atoms with Crippen molar-refractivity contribution in [3.63, 3.8) is 0 Å². The normalized spacial score (nSPS) is 9.50. The highest BCUT2D eigenvalue weighted by Gasteiger charge is 2.14. The third-order valence-corrected chi connectivity index (χ3v) is 2.04. The molecule has 0 fully saturated rings. The van der Waals surface area contributed by atoms with Gasteiger partial charge in [-0.1, -0.05) is 13.0 Å². The fourth-order valence-corrected chi connectivity index (χ4v) is 1.35. The van der Waals surface area contributed by atoms with Gasteiger partial charge in [0.25, 0.3) is 5.91 Å². The van der Waals surface area contributed by atoms with E-state index in [0.717, 1.165) is 6.42 Å². The van der Waals surface area contributed by atoms with E-state index in [1.807, 2.05) is 13.0 Å². The van der Waals surface area contributed by atoms with Crippen LogP contribution in [-0.4, -0.2) is 28.9 Å². The Morgan fingerprint density at radius 2 is 2.31 bits per heavy atom. The third-order valence-electron chi connectivity index (χ3n) is 2.04. The molecule has 0 atom stereocenters. The summed E-state index contributed by atoms with van der Waals surface area (Å²) in [6, 6.07) is 6.32. The zero-order valence-electron chi connectivity index (χ0n) is 9.06. The number of aromatic nitrogens is 1. The van der Waals surface area contributed by atoms with Gasteiger partial charge in [0.2, 0.25) is 5.56 Å². The number of aromatic amines is 1. The summed E-state index contributed by atoms with van der Waals surface area (Å²) in [5, 5.41) is 8.60. The average molecular weight is 219 g/mol. The molecule has 0 radical (unpaired) electrons. The van der Waals surface area contributed by atoms with Crippen LogP contribution >= 0.6 is 0 Å². The van der Waals surface area contributed by atoms with Crippen molar-refractivity contribution in [2.45, 2.75) is 13.3 Å². The first kappa shape index (κ1) is 12.0. The molecule has 0 saturated carbocycles. The summed E-state index contributed by atoms with van der Waals surface area (Å²) >= 11 is 0. The van der Waals surface area contributed by atoms with Crippen LogP contribution in [0, 0.1) is 11.3 Å². The smallest absolute Gasteiger partial charge is 0.271 e. The van der Waals surface area contributed by atoms with Crippen LogP contribution in [0.2, 0.25) is 0 Å². The fraction of sp³-hybridized carbons (Fsp3) is 0.364. The molecule has 1 aromatic heterocycles. The number of hydrogen-bond donors (Lipinski definition) is 1. The van der Waals surface area contributed by atoms with Gasteiger partial charge in [0.15, 0.2) is 0 Å². The Morgan fingerprint density at radius 3 is 2.88 bits per heavy atom. The Hall–Kier alpha value is -2.09. The zero-order valence-corrected chi connectivity index (χ0v) is 9.06. The molecule has 0 unspecified atom stereocenters. The molecule has 1 N–H and O–H groups in total.